The fraction of sp³-hybridized carbons (Fsp3) is 0.333. The first kappa shape index (κ1) is 16.1. The maximum absolute atomic E-state index is 12.0. The minimum absolute atomic E-state index is 0.0676. The van der Waals surface area contributed by atoms with E-state index in [2.05, 4.69) is 0 Å². The lowest BCUT2D eigenvalue weighted by molar-refractivity contribution is 0.602. The zero-order valence-corrected chi connectivity index (χ0v) is 13.5. The van der Waals surface area contributed by atoms with Crippen molar-refractivity contribution in [2.75, 3.05) is 23.5 Å². The molecule has 0 aliphatic carbocycles. The molecule has 2 aromatic carbocycles. The van der Waals surface area contributed by atoms with Crippen LogP contribution in [-0.4, -0.2) is 36.1 Å². The summed E-state index contributed by atoms with van der Waals surface area (Å²) in [4.78, 5) is 0. The fourth-order valence-electron chi connectivity index (χ4n) is 2.19. The van der Waals surface area contributed by atoms with Gasteiger partial charge in [0.25, 0.3) is 0 Å². The Balaban J connectivity index is 2.12. The lowest BCUT2D eigenvalue weighted by Gasteiger charge is -2.14. The molecule has 0 heterocycles. The molecule has 4 nitrogen and oxygen atoms in total. The van der Waals surface area contributed by atoms with Crippen molar-refractivity contribution in [3.8, 4) is 0 Å². The van der Waals surface area contributed by atoms with Crippen molar-refractivity contribution in [2.45, 2.75) is 6.04 Å². The van der Waals surface area contributed by atoms with Gasteiger partial charge >= 0.3 is 0 Å². The van der Waals surface area contributed by atoms with Crippen LogP contribution in [0.15, 0.2) is 42.5 Å². The molecule has 0 spiro atoms. The van der Waals surface area contributed by atoms with Gasteiger partial charge in [0.15, 0.2) is 0 Å². The summed E-state index contributed by atoms with van der Waals surface area (Å²) in [6.45, 7) is 0. The molecular formula is C15H19NO3S2. The van der Waals surface area contributed by atoms with Crippen LogP contribution in [0.1, 0.15) is 11.6 Å². The lowest BCUT2D eigenvalue weighted by atomic mass is 10.0. The molecule has 21 heavy (non-hydrogen) atoms. The third-order valence-corrected chi connectivity index (χ3v) is 5.86. The van der Waals surface area contributed by atoms with E-state index in [9.17, 15) is 12.6 Å². The third kappa shape index (κ3) is 4.62. The number of sulfone groups is 1. The highest BCUT2D eigenvalue weighted by Gasteiger charge is 2.14. The smallest absolute Gasteiger partial charge is 0.148 e. The molecule has 0 saturated heterocycles. The van der Waals surface area contributed by atoms with Crippen LogP contribution in [0.2, 0.25) is 0 Å². The van der Waals surface area contributed by atoms with E-state index in [-0.39, 0.29) is 23.3 Å². The molecule has 0 aliphatic heterocycles. The summed E-state index contributed by atoms with van der Waals surface area (Å²) in [6.07, 6.45) is 1.15. The maximum Gasteiger partial charge on any atom is 0.148 e. The van der Waals surface area contributed by atoms with Crippen molar-refractivity contribution in [1.29, 1.82) is 0 Å². The van der Waals surface area contributed by atoms with E-state index in [1.54, 1.807) is 0 Å². The van der Waals surface area contributed by atoms with Crippen LogP contribution in [0, 0.1) is 0 Å². The highest BCUT2D eigenvalue weighted by atomic mass is 32.2. The molecule has 0 bridgehead atoms. The molecular weight excluding hydrogens is 306 g/mol. The van der Waals surface area contributed by atoms with Gasteiger partial charge in [-0.3, -0.25) is 4.21 Å². The molecule has 0 aliphatic rings. The molecule has 2 atom stereocenters. The van der Waals surface area contributed by atoms with Crippen LogP contribution in [-0.2, 0) is 20.6 Å². The van der Waals surface area contributed by atoms with Crippen molar-refractivity contribution < 1.29 is 12.6 Å². The largest absolute Gasteiger partial charge is 0.323 e. The first-order valence-electron chi connectivity index (χ1n) is 6.63. The topological polar surface area (TPSA) is 77.2 Å². The van der Waals surface area contributed by atoms with E-state index >= 15 is 0 Å². The zero-order chi connectivity index (χ0) is 15.5. The Bertz CT molecular complexity index is 751. The van der Waals surface area contributed by atoms with Gasteiger partial charge in [0.05, 0.1) is 5.75 Å². The number of nitrogens with two attached hydrogens (primary N) is 1. The number of hydrogen-bond acceptors (Lipinski definition) is 4. The second-order valence-electron chi connectivity index (χ2n) is 5.12. The minimum Gasteiger partial charge on any atom is -0.323 e. The quantitative estimate of drug-likeness (QED) is 0.876. The first-order valence-corrected chi connectivity index (χ1v) is 10.2. The molecule has 2 N–H and O–H groups in total. The third-order valence-electron chi connectivity index (χ3n) is 3.27. The summed E-state index contributed by atoms with van der Waals surface area (Å²) in [5.41, 5.74) is 7.10. The van der Waals surface area contributed by atoms with Crippen molar-refractivity contribution >= 4 is 31.4 Å². The number of fused-ring (bicyclic) bond motifs is 1. The van der Waals surface area contributed by atoms with Gasteiger partial charge in [-0.1, -0.05) is 42.5 Å². The lowest BCUT2D eigenvalue weighted by Crippen LogP contribution is -2.22. The Morgan fingerprint density at radius 1 is 1.14 bits per heavy atom. The predicted molar refractivity (Wildman–Crippen MR) is 88.5 cm³/mol. The summed E-state index contributed by atoms with van der Waals surface area (Å²) in [6, 6.07) is 13.4. The van der Waals surface area contributed by atoms with Gasteiger partial charge in [-0.2, -0.15) is 0 Å². The zero-order valence-electron chi connectivity index (χ0n) is 11.9. The van der Waals surface area contributed by atoms with Gasteiger partial charge in [0.2, 0.25) is 0 Å². The van der Waals surface area contributed by atoms with Crippen LogP contribution < -0.4 is 5.73 Å². The van der Waals surface area contributed by atoms with Crippen LogP contribution in [0.25, 0.3) is 10.8 Å². The fourth-order valence-corrected chi connectivity index (χ4v) is 4.89. The summed E-state index contributed by atoms with van der Waals surface area (Å²) >= 11 is 0. The SMILES string of the molecule is CS(=O)(=O)CCS(=O)CC(N)c1cccc2ccccc12. The summed E-state index contributed by atoms with van der Waals surface area (Å²) in [5.74, 6) is 0.336. The Hall–Kier alpha value is -1.24. The average molecular weight is 325 g/mol. The van der Waals surface area contributed by atoms with Crippen molar-refractivity contribution in [1.82, 2.24) is 0 Å². The van der Waals surface area contributed by atoms with Gasteiger partial charge in [-0.05, 0) is 16.3 Å². The maximum atomic E-state index is 12.0. The Morgan fingerprint density at radius 3 is 2.52 bits per heavy atom. The van der Waals surface area contributed by atoms with Crippen LogP contribution in [0.5, 0.6) is 0 Å². The molecule has 0 aromatic heterocycles. The van der Waals surface area contributed by atoms with Gasteiger partial charge in [-0.15, -0.1) is 0 Å². The molecule has 2 rings (SSSR count). The molecule has 0 fully saturated rings. The van der Waals surface area contributed by atoms with Crippen LogP contribution >= 0.6 is 0 Å². The second-order valence-corrected chi connectivity index (χ2v) is 9.00. The average Bonchev–Trinajstić information content (AvgIpc) is 2.43. The number of rotatable bonds is 6. The normalized spacial score (nSPS) is 15.0. The Labute approximate surface area is 127 Å². The van der Waals surface area contributed by atoms with E-state index in [1.807, 2.05) is 42.5 Å². The standard InChI is InChI=1S/C15H19NO3S2/c1-21(18,19)10-9-20(17)11-15(16)14-8-4-6-12-5-2-3-7-13(12)14/h2-8,15H,9-11,16H2,1H3. The molecule has 2 unspecified atom stereocenters. The predicted octanol–water partition coefficient (Wildman–Crippen LogP) is 1.63. The molecule has 2 aromatic rings. The van der Waals surface area contributed by atoms with Crippen molar-refractivity contribution in [3.63, 3.8) is 0 Å². The van der Waals surface area contributed by atoms with Crippen LogP contribution in [0.4, 0.5) is 0 Å². The second kappa shape index (κ2) is 6.68. The number of benzene rings is 2. The molecule has 0 saturated carbocycles. The highest BCUT2D eigenvalue weighted by molar-refractivity contribution is 7.92. The van der Waals surface area contributed by atoms with E-state index in [4.69, 9.17) is 5.73 Å². The summed E-state index contributed by atoms with van der Waals surface area (Å²) in [7, 11) is -4.33. The minimum atomic E-state index is -3.09. The van der Waals surface area contributed by atoms with E-state index < -0.39 is 20.6 Å². The first-order chi connectivity index (χ1) is 9.87. The monoisotopic (exact) mass is 325 g/mol. The molecule has 6 heteroatoms. The van der Waals surface area contributed by atoms with Crippen LogP contribution in [0.3, 0.4) is 0 Å². The van der Waals surface area contributed by atoms with Gasteiger partial charge < -0.3 is 5.73 Å². The Morgan fingerprint density at radius 2 is 1.81 bits per heavy atom. The summed E-state index contributed by atoms with van der Waals surface area (Å²) < 4.78 is 34.2. The summed E-state index contributed by atoms with van der Waals surface area (Å²) in [5, 5.41) is 2.14. The van der Waals surface area contributed by atoms with Gasteiger partial charge in [0, 0.05) is 34.6 Å². The molecule has 114 valence electrons. The molecule has 0 amide bonds. The van der Waals surface area contributed by atoms with Gasteiger partial charge in [-0.25, -0.2) is 8.42 Å². The van der Waals surface area contributed by atoms with Crippen molar-refractivity contribution in [2.24, 2.45) is 5.73 Å². The Kier molecular flexibility index (Phi) is 5.13. The molecule has 0 radical (unpaired) electrons. The number of hydrogen-bond donors (Lipinski definition) is 1. The van der Waals surface area contributed by atoms with E-state index in [0.29, 0.717) is 0 Å². The van der Waals surface area contributed by atoms with E-state index in [0.717, 1.165) is 22.6 Å². The van der Waals surface area contributed by atoms with Gasteiger partial charge in [0.1, 0.15) is 9.84 Å². The highest BCUT2D eigenvalue weighted by Crippen LogP contribution is 2.23. The van der Waals surface area contributed by atoms with Crippen molar-refractivity contribution in [3.05, 3.63) is 48.0 Å². The van der Waals surface area contributed by atoms with E-state index in [1.165, 1.54) is 0 Å².